The lowest BCUT2D eigenvalue weighted by molar-refractivity contribution is -0.150. The molecule has 1 saturated heterocycles. The molecular formula is C21H22N2O4S. The van der Waals surface area contributed by atoms with Gasteiger partial charge in [0, 0.05) is 12.1 Å². The topological polar surface area (TPSA) is 76.0 Å². The van der Waals surface area contributed by atoms with Crippen molar-refractivity contribution < 1.29 is 17.9 Å². The monoisotopic (exact) mass is 398 g/mol. The minimum Gasteiger partial charge on any atom is -0.459 e. The van der Waals surface area contributed by atoms with Crippen molar-refractivity contribution in [2.75, 3.05) is 6.54 Å². The number of nitrogens with zero attached hydrogens (tertiary/aromatic N) is 2. The van der Waals surface area contributed by atoms with Crippen LogP contribution < -0.4 is 0 Å². The molecule has 28 heavy (non-hydrogen) atoms. The zero-order chi connectivity index (χ0) is 19.7. The molecule has 2 aromatic rings. The molecule has 0 aliphatic carbocycles. The third kappa shape index (κ3) is 3.54. The maximum atomic E-state index is 12.8. The first-order valence-electron chi connectivity index (χ1n) is 9.39. The van der Waals surface area contributed by atoms with Gasteiger partial charge in [-0.1, -0.05) is 42.0 Å². The summed E-state index contributed by atoms with van der Waals surface area (Å²) in [6, 6.07) is 14.0. The van der Waals surface area contributed by atoms with Gasteiger partial charge < -0.3 is 9.64 Å². The summed E-state index contributed by atoms with van der Waals surface area (Å²) in [5.41, 5.74) is 2.63. The average Bonchev–Trinajstić information content (AvgIpc) is 2.98. The summed E-state index contributed by atoms with van der Waals surface area (Å²) in [7, 11) is -3.72. The lowest BCUT2D eigenvalue weighted by Crippen LogP contribution is -2.48. The van der Waals surface area contributed by atoms with E-state index in [1.807, 2.05) is 31.2 Å². The number of ether oxygens (including phenoxy) is 1. The molecule has 7 heteroatoms. The highest BCUT2D eigenvalue weighted by Crippen LogP contribution is 2.31. The first-order chi connectivity index (χ1) is 13.5. The van der Waals surface area contributed by atoms with E-state index in [9.17, 15) is 13.2 Å². The van der Waals surface area contributed by atoms with Crippen LogP contribution in [0.3, 0.4) is 0 Å². The number of sulfonamides is 1. The minimum absolute atomic E-state index is 0.197. The van der Waals surface area contributed by atoms with Crippen LogP contribution in [0.5, 0.6) is 0 Å². The van der Waals surface area contributed by atoms with E-state index in [1.54, 1.807) is 29.2 Å². The number of piperidine rings is 1. The fourth-order valence-corrected chi connectivity index (χ4v) is 4.88. The zero-order valence-electron chi connectivity index (χ0n) is 15.7. The van der Waals surface area contributed by atoms with E-state index in [2.05, 4.69) is 4.40 Å². The van der Waals surface area contributed by atoms with Crippen molar-refractivity contribution in [1.82, 2.24) is 4.90 Å². The van der Waals surface area contributed by atoms with E-state index < -0.39 is 16.1 Å². The van der Waals surface area contributed by atoms with Gasteiger partial charge in [-0.2, -0.15) is 8.42 Å². The summed E-state index contributed by atoms with van der Waals surface area (Å²) in [4.78, 5) is 14.8. The number of amidine groups is 1. The number of hydrogen-bond donors (Lipinski definition) is 0. The van der Waals surface area contributed by atoms with Gasteiger partial charge in [0.05, 0.1) is 0 Å². The van der Waals surface area contributed by atoms with Gasteiger partial charge in [0.2, 0.25) is 0 Å². The van der Waals surface area contributed by atoms with E-state index in [0.717, 1.165) is 24.0 Å². The maximum Gasteiger partial charge on any atom is 0.329 e. The third-order valence-electron chi connectivity index (χ3n) is 5.16. The van der Waals surface area contributed by atoms with Crippen molar-refractivity contribution in [3.8, 4) is 0 Å². The number of rotatable bonds is 3. The van der Waals surface area contributed by atoms with Gasteiger partial charge >= 0.3 is 5.97 Å². The number of benzene rings is 2. The first-order valence-corrected chi connectivity index (χ1v) is 10.8. The predicted molar refractivity (Wildman–Crippen MR) is 105 cm³/mol. The molecule has 1 fully saturated rings. The second-order valence-corrected chi connectivity index (χ2v) is 8.76. The number of fused-ring (bicyclic) bond motifs is 1. The van der Waals surface area contributed by atoms with E-state index >= 15 is 0 Å². The van der Waals surface area contributed by atoms with Gasteiger partial charge in [-0.15, -0.1) is 4.40 Å². The lowest BCUT2D eigenvalue weighted by atomic mass is 10.0. The molecule has 1 atom stereocenters. The van der Waals surface area contributed by atoms with Crippen LogP contribution in [0.15, 0.2) is 57.8 Å². The van der Waals surface area contributed by atoms with Gasteiger partial charge in [-0.05, 0) is 43.9 Å². The second kappa shape index (κ2) is 7.39. The van der Waals surface area contributed by atoms with Crippen molar-refractivity contribution in [1.29, 1.82) is 0 Å². The first kappa shape index (κ1) is 18.7. The number of aryl methyl sites for hydroxylation is 1. The molecule has 146 valence electrons. The molecule has 2 heterocycles. The van der Waals surface area contributed by atoms with Crippen LogP contribution in [0.4, 0.5) is 0 Å². The minimum atomic E-state index is -3.72. The van der Waals surface area contributed by atoms with Crippen LogP contribution in [0, 0.1) is 6.92 Å². The van der Waals surface area contributed by atoms with E-state index in [1.165, 1.54) is 0 Å². The van der Waals surface area contributed by atoms with Gasteiger partial charge in [0.1, 0.15) is 17.5 Å². The molecule has 0 N–H and O–H groups in total. The Morgan fingerprint density at radius 1 is 1.14 bits per heavy atom. The lowest BCUT2D eigenvalue weighted by Gasteiger charge is -2.35. The second-order valence-electron chi connectivity index (χ2n) is 7.18. The van der Waals surface area contributed by atoms with Gasteiger partial charge in [-0.25, -0.2) is 4.79 Å². The molecule has 0 saturated carbocycles. The van der Waals surface area contributed by atoms with Crippen molar-refractivity contribution in [3.05, 3.63) is 65.2 Å². The Bertz CT molecular complexity index is 1030. The van der Waals surface area contributed by atoms with Gasteiger partial charge in [0.15, 0.2) is 5.84 Å². The van der Waals surface area contributed by atoms with Crippen LogP contribution in [0.1, 0.15) is 36.0 Å². The normalized spacial score (nSPS) is 20.4. The van der Waals surface area contributed by atoms with E-state index in [0.29, 0.717) is 24.4 Å². The van der Waals surface area contributed by atoms with Crippen LogP contribution >= 0.6 is 0 Å². The molecule has 0 bridgehead atoms. The molecule has 0 aromatic heterocycles. The molecule has 4 rings (SSSR count). The van der Waals surface area contributed by atoms with Crippen LogP contribution in [-0.4, -0.2) is 37.7 Å². The molecule has 2 aromatic carbocycles. The van der Waals surface area contributed by atoms with E-state index in [-0.39, 0.29) is 17.5 Å². The molecule has 2 aliphatic heterocycles. The zero-order valence-corrected chi connectivity index (χ0v) is 16.5. The Kier molecular flexibility index (Phi) is 4.93. The summed E-state index contributed by atoms with van der Waals surface area (Å²) in [5, 5.41) is 0. The fraction of sp³-hybridized carbons (Fsp3) is 0.333. The largest absolute Gasteiger partial charge is 0.459 e. The SMILES string of the molecule is Cc1ccc(COC(=O)[C@H]2CCCCN2C2=NS(=O)(=O)c3ccccc32)cc1. The summed E-state index contributed by atoms with van der Waals surface area (Å²) in [6.45, 7) is 2.78. The van der Waals surface area contributed by atoms with Crippen LogP contribution in [-0.2, 0) is 26.2 Å². The highest BCUT2D eigenvalue weighted by molar-refractivity contribution is 7.90. The Labute approximate surface area is 164 Å². The van der Waals surface area contributed by atoms with Crippen molar-refractivity contribution in [2.45, 2.75) is 43.7 Å². The molecule has 2 aliphatic rings. The Morgan fingerprint density at radius 2 is 1.89 bits per heavy atom. The Morgan fingerprint density at radius 3 is 2.68 bits per heavy atom. The molecule has 0 radical (unpaired) electrons. The van der Waals surface area contributed by atoms with Gasteiger partial charge in [0.25, 0.3) is 10.0 Å². The summed E-state index contributed by atoms with van der Waals surface area (Å²) in [5.74, 6) is 0.0114. The van der Waals surface area contributed by atoms with Crippen molar-refractivity contribution in [2.24, 2.45) is 4.40 Å². The molecular weight excluding hydrogens is 376 g/mol. The summed E-state index contributed by atoms with van der Waals surface area (Å²) < 4.78 is 34.3. The third-order valence-corrected chi connectivity index (χ3v) is 6.49. The number of esters is 1. The molecule has 6 nitrogen and oxygen atoms in total. The highest BCUT2D eigenvalue weighted by Gasteiger charge is 2.38. The molecule has 0 amide bonds. The molecule has 0 spiro atoms. The highest BCUT2D eigenvalue weighted by atomic mass is 32.2. The number of carbonyl (C=O) groups excluding carboxylic acids is 1. The molecule has 0 unspecified atom stereocenters. The average molecular weight is 398 g/mol. The Balaban J connectivity index is 1.55. The number of carbonyl (C=O) groups is 1. The van der Waals surface area contributed by atoms with Gasteiger partial charge in [-0.3, -0.25) is 0 Å². The van der Waals surface area contributed by atoms with Crippen molar-refractivity contribution >= 4 is 21.8 Å². The van der Waals surface area contributed by atoms with E-state index in [4.69, 9.17) is 4.74 Å². The van der Waals surface area contributed by atoms with Crippen molar-refractivity contribution in [3.63, 3.8) is 0 Å². The quantitative estimate of drug-likeness (QED) is 0.743. The maximum absolute atomic E-state index is 12.8. The van der Waals surface area contributed by atoms with Crippen LogP contribution in [0.25, 0.3) is 0 Å². The summed E-state index contributed by atoms with van der Waals surface area (Å²) >= 11 is 0. The standard InChI is InChI=1S/C21H22N2O4S/c1-15-9-11-16(12-10-15)14-27-21(24)18-7-4-5-13-23(18)20-17-6-2-3-8-19(17)28(25,26)22-20/h2-3,6,8-12,18H,4-5,7,13-14H2,1H3/t18-/m1/s1. The fourth-order valence-electron chi connectivity index (χ4n) is 3.66. The number of likely N-dealkylation sites (tertiary alicyclic amines) is 1. The number of hydrogen-bond acceptors (Lipinski definition) is 5. The Hall–Kier alpha value is -2.67. The predicted octanol–water partition coefficient (Wildman–Crippen LogP) is 3.04. The van der Waals surface area contributed by atoms with Crippen LogP contribution in [0.2, 0.25) is 0 Å². The smallest absolute Gasteiger partial charge is 0.329 e. The summed E-state index contributed by atoms with van der Waals surface area (Å²) in [6.07, 6.45) is 2.39.